The Morgan fingerprint density at radius 1 is 1.24 bits per heavy atom. The number of nitrogens with zero attached hydrogens (tertiary/aromatic N) is 1. The van der Waals surface area contributed by atoms with E-state index in [4.69, 9.17) is 9.79 Å². The lowest BCUT2D eigenvalue weighted by Crippen LogP contribution is -2.50. The van der Waals surface area contributed by atoms with Gasteiger partial charge in [0, 0.05) is 6.42 Å². The van der Waals surface area contributed by atoms with Crippen LogP contribution in [0.25, 0.3) is 0 Å². The Kier molecular flexibility index (Phi) is 7.05. The Morgan fingerprint density at radius 3 is 2.83 bits per heavy atom. The molecule has 2 nitrogen and oxygen atoms in total. The van der Waals surface area contributed by atoms with Crippen LogP contribution in [0.5, 0.6) is 0 Å². The predicted molar refractivity (Wildman–Crippen MR) is 131 cm³/mol. The van der Waals surface area contributed by atoms with Crippen LogP contribution in [0.3, 0.4) is 0 Å². The molecule has 3 saturated carbocycles. The number of halogens is 1. The molecule has 162 valence electrons. The van der Waals surface area contributed by atoms with Gasteiger partial charge in [0.15, 0.2) is 0 Å². The van der Waals surface area contributed by atoms with Crippen LogP contribution < -0.4 is 0 Å². The van der Waals surface area contributed by atoms with E-state index in [0.717, 1.165) is 42.4 Å². The van der Waals surface area contributed by atoms with Crippen LogP contribution in [0.1, 0.15) is 91.4 Å². The quantitative estimate of drug-likeness (QED) is 0.151. The summed E-state index contributed by atoms with van der Waals surface area (Å²) < 4.78 is 6.03. The maximum atomic E-state index is 8.91. The van der Waals surface area contributed by atoms with Crippen molar-refractivity contribution in [2.24, 2.45) is 40.4 Å². The third-order valence-corrected chi connectivity index (χ3v) is 11.2. The first-order valence-electron chi connectivity index (χ1n) is 12.0. The molecule has 0 aromatic rings. The fourth-order valence-corrected chi connectivity index (χ4v) is 9.88. The number of fused-ring (bicyclic) bond motifs is 5. The minimum atomic E-state index is 0.439. The van der Waals surface area contributed by atoms with Crippen LogP contribution in [0.15, 0.2) is 11.6 Å². The van der Waals surface area contributed by atoms with Gasteiger partial charge >= 0.3 is 0 Å². The monoisotopic (exact) mass is 527 g/mol. The van der Waals surface area contributed by atoms with Crippen molar-refractivity contribution in [1.82, 2.24) is 0 Å². The highest BCUT2D eigenvalue weighted by atomic mass is 127. The highest BCUT2D eigenvalue weighted by Gasteiger charge is 2.59. The van der Waals surface area contributed by atoms with Crippen molar-refractivity contribution in [2.75, 3.05) is 0 Å². The Hall–Kier alpha value is 0.350. The van der Waals surface area contributed by atoms with Crippen molar-refractivity contribution in [3.63, 3.8) is 0 Å². The molecule has 0 aromatic heterocycles. The summed E-state index contributed by atoms with van der Waals surface area (Å²) in [5.74, 6) is 4.38. The van der Waals surface area contributed by atoms with E-state index >= 15 is 0 Å². The molecule has 0 aliphatic heterocycles. The molecular weight excluding hydrogens is 488 g/mol. The second-order valence-corrected chi connectivity index (χ2v) is 12.8. The standard InChI is InChI=1S/C25H39INOP/c1-17(6-4-5-15-27)21-9-10-22-20-8-7-18-16-19(28-29-26)11-13-24(18,2)23(20)12-14-25(21,22)3/h7,17,19-23,29H,4-6,8-14,16H2,1-3H3/t17-,19+,20+,21-,22+,23+,24+,25-/m1/s1. The molecule has 1 unspecified atom stereocenters. The van der Waals surface area contributed by atoms with E-state index in [2.05, 4.69) is 55.0 Å². The lowest BCUT2D eigenvalue weighted by atomic mass is 9.47. The molecule has 0 saturated heterocycles. The topological polar surface area (TPSA) is 33.0 Å². The van der Waals surface area contributed by atoms with Gasteiger partial charge in [0.2, 0.25) is 0 Å². The summed E-state index contributed by atoms with van der Waals surface area (Å²) in [6, 6.07) is 2.34. The van der Waals surface area contributed by atoms with E-state index in [1.54, 1.807) is 5.57 Å². The highest BCUT2D eigenvalue weighted by Crippen LogP contribution is 2.67. The second-order valence-electron chi connectivity index (χ2n) is 11.1. The van der Waals surface area contributed by atoms with E-state index in [0.29, 0.717) is 23.4 Å². The summed E-state index contributed by atoms with van der Waals surface area (Å²) in [6.07, 6.45) is 17.1. The predicted octanol–water partition coefficient (Wildman–Crippen LogP) is 8.22. The molecule has 3 fully saturated rings. The third kappa shape index (κ3) is 3.98. The van der Waals surface area contributed by atoms with Gasteiger partial charge < -0.3 is 4.52 Å². The molecule has 0 bridgehead atoms. The van der Waals surface area contributed by atoms with Crippen LogP contribution in [0, 0.1) is 51.8 Å². The fourth-order valence-electron chi connectivity index (χ4n) is 8.47. The Morgan fingerprint density at radius 2 is 2.07 bits per heavy atom. The van der Waals surface area contributed by atoms with Crippen molar-refractivity contribution in [2.45, 2.75) is 97.5 Å². The molecule has 29 heavy (non-hydrogen) atoms. The van der Waals surface area contributed by atoms with Gasteiger partial charge in [0.25, 0.3) is 0 Å². The zero-order valence-corrected chi connectivity index (χ0v) is 21.7. The zero-order valence-electron chi connectivity index (χ0n) is 18.6. The lowest BCUT2D eigenvalue weighted by Gasteiger charge is -2.58. The van der Waals surface area contributed by atoms with Crippen LogP contribution in [0.2, 0.25) is 0 Å². The van der Waals surface area contributed by atoms with E-state index < -0.39 is 0 Å². The number of hydrogen-bond acceptors (Lipinski definition) is 2. The van der Waals surface area contributed by atoms with E-state index in [1.165, 1.54) is 57.8 Å². The van der Waals surface area contributed by atoms with Crippen molar-refractivity contribution in [1.29, 1.82) is 5.26 Å². The fraction of sp³-hybridized carbons (Fsp3) is 0.880. The summed E-state index contributed by atoms with van der Waals surface area (Å²) >= 11 is 2.38. The molecule has 0 amide bonds. The van der Waals surface area contributed by atoms with Crippen LogP contribution in [-0.4, -0.2) is 6.10 Å². The van der Waals surface area contributed by atoms with Crippen LogP contribution in [-0.2, 0) is 4.52 Å². The van der Waals surface area contributed by atoms with Crippen LogP contribution in [0.4, 0.5) is 0 Å². The maximum Gasteiger partial charge on any atom is 0.0797 e. The molecule has 0 heterocycles. The smallest absolute Gasteiger partial charge is 0.0797 e. The van der Waals surface area contributed by atoms with Gasteiger partial charge in [-0.3, -0.25) is 0 Å². The molecule has 4 heteroatoms. The molecule has 0 spiro atoms. The van der Waals surface area contributed by atoms with Gasteiger partial charge in [-0.2, -0.15) is 5.26 Å². The lowest BCUT2D eigenvalue weighted by molar-refractivity contribution is -0.0552. The van der Waals surface area contributed by atoms with E-state index in [1.807, 2.05) is 0 Å². The molecule has 4 aliphatic carbocycles. The first kappa shape index (κ1) is 22.5. The Labute approximate surface area is 193 Å². The van der Waals surface area contributed by atoms with Gasteiger partial charge in [-0.15, -0.1) is 0 Å². The summed E-state index contributed by atoms with van der Waals surface area (Å²) in [5.41, 5.74) is 2.72. The van der Waals surface area contributed by atoms with Crippen molar-refractivity contribution in [3.05, 3.63) is 11.6 Å². The average Bonchev–Trinajstić information content (AvgIpc) is 3.06. The molecular formula is C25H39INOP. The van der Waals surface area contributed by atoms with Gasteiger partial charge in [-0.1, -0.05) is 32.4 Å². The molecule has 0 N–H and O–H groups in total. The number of allylic oxidation sites excluding steroid dienone is 1. The second kappa shape index (κ2) is 9.07. The third-order valence-electron chi connectivity index (χ3n) is 9.98. The van der Waals surface area contributed by atoms with Gasteiger partial charge in [0.05, 0.1) is 18.6 Å². The highest BCUT2D eigenvalue weighted by molar-refractivity contribution is 14.2. The van der Waals surface area contributed by atoms with E-state index in [-0.39, 0.29) is 0 Å². The Bertz CT molecular complexity index is 674. The molecule has 4 aliphatic rings. The number of rotatable bonds is 6. The van der Waals surface area contributed by atoms with Crippen molar-refractivity contribution >= 4 is 28.5 Å². The molecule has 4 rings (SSSR count). The maximum absolute atomic E-state index is 8.91. The Balaban J connectivity index is 1.50. The average molecular weight is 527 g/mol. The molecule has 0 aromatic carbocycles. The number of unbranched alkanes of at least 4 members (excludes halogenated alkanes) is 1. The summed E-state index contributed by atoms with van der Waals surface area (Å²) in [5, 5.41) is 8.91. The summed E-state index contributed by atoms with van der Waals surface area (Å²) in [6.45, 7) is 8.34. The molecule has 9 atom stereocenters. The van der Waals surface area contributed by atoms with Crippen molar-refractivity contribution < 1.29 is 4.52 Å². The van der Waals surface area contributed by atoms with Gasteiger partial charge in [0.1, 0.15) is 0 Å². The minimum absolute atomic E-state index is 0.439. The minimum Gasteiger partial charge on any atom is -0.348 e. The number of hydrogen-bond donors (Lipinski definition) is 0. The van der Waals surface area contributed by atoms with E-state index in [9.17, 15) is 0 Å². The number of nitriles is 1. The zero-order chi connectivity index (χ0) is 20.6. The first-order chi connectivity index (χ1) is 13.9. The molecule has 0 radical (unpaired) electrons. The van der Waals surface area contributed by atoms with Gasteiger partial charge in [-0.05, 0) is 127 Å². The normalized spacial score (nSPS) is 45.2. The largest absolute Gasteiger partial charge is 0.348 e. The van der Waals surface area contributed by atoms with Crippen LogP contribution >= 0.6 is 28.5 Å². The SMILES string of the molecule is C[C@H](CCCC#N)[C@H]1CC[C@H]2[C@@H]3CC=C4C[C@@H](OPI)CC[C@]4(C)[C@H]3CC[C@]12C. The summed E-state index contributed by atoms with van der Waals surface area (Å²) in [7, 11) is 0. The summed E-state index contributed by atoms with van der Waals surface area (Å²) in [4.78, 5) is 0. The van der Waals surface area contributed by atoms with Crippen molar-refractivity contribution in [3.8, 4) is 6.07 Å². The van der Waals surface area contributed by atoms with Gasteiger partial charge in [-0.25, -0.2) is 0 Å². The first-order valence-corrected chi connectivity index (χ1v) is 16.0.